The van der Waals surface area contributed by atoms with Gasteiger partial charge in [-0.3, -0.25) is 0 Å². The zero-order chi connectivity index (χ0) is 27.0. The van der Waals surface area contributed by atoms with Gasteiger partial charge in [0.05, 0.1) is 4.90 Å². The molecule has 1 saturated heterocycles. The van der Waals surface area contributed by atoms with E-state index in [4.69, 9.17) is 0 Å². The average Bonchev–Trinajstić information content (AvgIpc) is 2.85. The second-order valence-electron chi connectivity index (χ2n) is 9.09. The summed E-state index contributed by atoms with van der Waals surface area (Å²) in [5, 5.41) is 10.00. The second kappa shape index (κ2) is 10.3. The molecule has 0 bridgehead atoms. The van der Waals surface area contributed by atoms with Crippen molar-refractivity contribution in [1.29, 1.82) is 0 Å². The lowest BCUT2D eigenvalue weighted by Gasteiger charge is -2.42. The van der Waals surface area contributed by atoms with Gasteiger partial charge in [-0.1, -0.05) is 42.5 Å². The Morgan fingerprint density at radius 1 is 0.973 bits per heavy atom. The summed E-state index contributed by atoms with van der Waals surface area (Å²) in [6.45, 7) is 1.05. The first-order valence-corrected chi connectivity index (χ1v) is 13.4. The molecule has 0 aromatic heterocycles. The van der Waals surface area contributed by atoms with Crippen LogP contribution in [0.25, 0.3) is 0 Å². The molecule has 2 atom stereocenters. The van der Waals surface area contributed by atoms with Crippen molar-refractivity contribution in [2.75, 3.05) is 24.5 Å². The van der Waals surface area contributed by atoms with E-state index in [1.165, 1.54) is 40.7 Å². The monoisotopic (exact) mass is 554 g/mol. The van der Waals surface area contributed by atoms with Gasteiger partial charge in [-0.05, 0) is 54.8 Å². The van der Waals surface area contributed by atoms with Crippen LogP contribution in [0.3, 0.4) is 0 Å². The van der Waals surface area contributed by atoms with Gasteiger partial charge in [-0.2, -0.15) is 17.5 Å². The van der Waals surface area contributed by atoms with E-state index in [1.807, 2.05) is 4.90 Å². The SMILES string of the molecule is C[C@](O)(c1ccc(N2CCN(S(=O)(=O)c3ccccc3S)C[C@H]2Cc2ccccc2F)cc1)C(F)(F)F. The van der Waals surface area contributed by atoms with Crippen LogP contribution in [0, 0.1) is 5.82 Å². The molecule has 3 aromatic carbocycles. The fourth-order valence-corrected chi connectivity index (χ4v) is 6.49. The topological polar surface area (TPSA) is 60.9 Å². The normalized spacial score (nSPS) is 19.0. The molecule has 37 heavy (non-hydrogen) atoms. The summed E-state index contributed by atoms with van der Waals surface area (Å²) in [5.41, 5.74) is -2.41. The fourth-order valence-electron chi connectivity index (χ4n) is 4.43. The molecule has 4 rings (SSSR count). The summed E-state index contributed by atoms with van der Waals surface area (Å²) in [5.74, 6) is -0.431. The third kappa shape index (κ3) is 5.50. The number of hydrogen-bond donors (Lipinski definition) is 2. The van der Waals surface area contributed by atoms with Gasteiger partial charge in [0.25, 0.3) is 0 Å². The van der Waals surface area contributed by atoms with Crippen LogP contribution >= 0.6 is 12.6 Å². The molecule has 1 aliphatic rings. The Kier molecular flexibility index (Phi) is 7.62. The number of halogens is 4. The van der Waals surface area contributed by atoms with Gasteiger partial charge in [0.2, 0.25) is 10.0 Å². The van der Waals surface area contributed by atoms with E-state index in [1.54, 1.807) is 36.4 Å². The molecule has 198 valence electrons. The maximum atomic E-state index is 14.5. The molecule has 11 heteroatoms. The molecular formula is C26H26F4N2O3S2. The van der Waals surface area contributed by atoms with Gasteiger partial charge in [0.15, 0.2) is 5.60 Å². The van der Waals surface area contributed by atoms with E-state index >= 15 is 0 Å². The average molecular weight is 555 g/mol. The zero-order valence-corrected chi connectivity index (χ0v) is 21.6. The van der Waals surface area contributed by atoms with Gasteiger partial charge in [0, 0.05) is 36.3 Å². The van der Waals surface area contributed by atoms with Crippen molar-refractivity contribution in [3.05, 3.63) is 89.7 Å². The smallest absolute Gasteiger partial charge is 0.376 e. The Morgan fingerprint density at radius 3 is 2.22 bits per heavy atom. The van der Waals surface area contributed by atoms with Crippen LogP contribution in [0.5, 0.6) is 0 Å². The molecule has 0 spiro atoms. The van der Waals surface area contributed by atoms with Crippen LogP contribution in [-0.4, -0.2) is 49.7 Å². The first-order valence-electron chi connectivity index (χ1n) is 11.5. The highest BCUT2D eigenvalue weighted by molar-refractivity contribution is 7.90. The molecule has 5 nitrogen and oxygen atoms in total. The molecule has 0 radical (unpaired) electrons. The highest BCUT2D eigenvalue weighted by atomic mass is 32.2. The fraction of sp³-hybridized carbons (Fsp3) is 0.308. The van der Waals surface area contributed by atoms with Crippen molar-refractivity contribution in [2.24, 2.45) is 0 Å². The van der Waals surface area contributed by atoms with E-state index in [0.29, 0.717) is 23.1 Å². The number of benzene rings is 3. The minimum absolute atomic E-state index is 0.0286. The number of rotatable bonds is 6. The van der Waals surface area contributed by atoms with Gasteiger partial charge >= 0.3 is 6.18 Å². The molecule has 0 saturated carbocycles. The lowest BCUT2D eigenvalue weighted by atomic mass is 9.94. The molecule has 1 N–H and O–H groups in total. The maximum Gasteiger partial charge on any atom is 0.421 e. The molecule has 1 heterocycles. The Hall–Kier alpha value is -2.60. The largest absolute Gasteiger partial charge is 0.421 e. The Morgan fingerprint density at radius 2 is 1.59 bits per heavy atom. The quantitative estimate of drug-likeness (QED) is 0.333. The highest BCUT2D eigenvalue weighted by Gasteiger charge is 2.51. The highest BCUT2D eigenvalue weighted by Crippen LogP contribution is 2.39. The summed E-state index contributed by atoms with van der Waals surface area (Å²) >= 11 is 4.29. The number of hydrogen-bond acceptors (Lipinski definition) is 5. The molecule has 0 unspecified atom stereocenters. The third-order valence-corrected chi connectivity index (χ3v) is 9.12. The lowest BCUT2D eigenvalue weighted by molar-refractivity contribution is -0.258. The summed E-state index contributed by atoms with van der Waals surface area (Å²) in [4.78, 5) is 2.23. The minimum Gasteiger partial charge on any atom is -0.376 e. The van der Waals surface area contributed by atoms with Crippen molar-refractivity contribution in [3.63, 3.8) is 0 Å². The van der Waals surface area contributed by atoms with Gasteiger partial charge in [-0.15, -0.1) is 12.6 Å². The number of alkyl halides is 3. The van der Waals surface area contributed by atoms with Crippen LogP contribution in [-0.2, 0) is 22.0 Å². The van der Waals surface area contributed by atoms with Crippen molar-refractivity contribution in [3.8, 4) is 0 Å². The number of thiol groups is 1. The molecule has 3 aromatic rings. The van der Waals surface area contributed by atoms with Crippen LogP contribution in [0.15, 0.2) is 82.6 Å². The number of piperazine rings is 1. The maximum absolute atomic E-state index is 14.5. The van der Waals surface area contributed by atoms with E-state index < -0.39 is 33.7 Å². The van der Waals surface area contributed by atoms with Crippen molar-refractivity contribution < 1.29 is 31.1 Å². The van der Waals surface area contributed by atoms with Crippen LogP contribution < -0.4 is 4.90 Å². The van der Waals surface area contributed by atoms with Crippen LogP contribution in [0.4, 0.5) is 23.2 Å². The first kappa shape index (κ1) is 27.4. The molecule has 0 aliphatic carbocycles. The van der Waals surface area contributed by atoms with E-state index in [0.717, 1.165) is 0 Å². The summed E-state index contributed by atoms with van der Waals surface area (Å²) in [6.07, 6.45) is -4.69. The molecule has 1 aliphatic heterocycles. The van der Waals surface area contributed by atoms with E-state index in [9.17, 15) is 31.1 Å². The number of aliphatic hydroxyl groups is 1. The van der Waals surface area contributed by atoms with Crippen molar-refractivity contribution >= 4 is 28.3 Å². The standard InChI is InChI=1S/C26H26F4N2O3S2/c1-25(33,26(28,29)30)19-10-12-20(13-11-19)32-15-14-31(37(34,35)24-9-5-4-8-23(24)36)17-21(32)16-18-6-2-3-7-22(18)27/h2-13,21,33,36H,14-17H2,1H3/t21-,25+/m1/s1. The number of anilines is 1. The Labute approximate surface area is 218 Å². The van der Waals surface area contributed by atoms with Crippen LogP contribution in [0.2, 0.25) is 0 Å². The Bertz CT molecular complexity index is 1360. The molecule has 0 amide bonds. The molecular weight excluding hydrogens is 528 g/mol. The Balaban J connectivity index is 1.67. The predicted octanol–water partition coefficient (Wildman–Crippen LogP) is 5.01. The van der Waals surface area contributed by atoms with Crippen molar-refractivity contribution in [2.45, 2.75) is 41.0 Å². The van der Waals surface area contributed by atoms with Crippen molar-refractivity contribution in [1.82, 2.24) is 4.31 Å². The summed E-state index contributed by atoms with van der Waals surface area (Å²) in [7, 11) is -3.90. The zero-order valence-electron chi connectivity index (χ0n) is 19.9. The number of sulfonamides is 1. The summed E-state index contributed by atoms with van der Waals surface area (Å²) in [6, 6.07) is 17.3. The van der Waals surface area contributed by atoms with Gasteiger partial charge in [0.1, 0.15) is 5.82 Å². The molecule has 1 fully saturated rings. The van der Waals surface area contributed by atoms with Gasteiger partial charge in [-0.25, -0.2) is 12.8 Å². The third-order valence-electron chi connectivity index (χ3n) is 6.65. The van der Waals surface area contributed by atoms with E-state index in [-0.39, 0.29) is 36.5 Å². The van der Waals surface area contributed by atoms with E-state index in [2.05, 4.69) is 12.6 Å². The van der Waals surface area contributed by atoms with Crippen LogP contribution in [0.1, 0.15) is 18.1 Å². The predicted molar refractivity (Wildman–Crippen MR) is 136 cm³/mol. The summed E-state index contributed by atoms with van der Waals surface area (Å²) < 4.78 is 82.5. The first-order chi connectivity index (χ1) is 17.3. The number of nitrogens with zero attached hydrogens (tertiary/aromatic N) is 2. The lowest BCUT2D eigenvalue weighted by Crippen LogP contribution is -2.55. The van der Waals surface area contributed by atoms with Gasteiger partial charge < -0.3 is 10.0 Å². The minimum atomic E-state index is -4.86. The second-order valence-corrected chi connectivity index (χ2v) is 11.5.